The van der Waals surface area contributed by atoms with E-state index in [1.807, 2.05) is 19.2 Å². The van der Waals surface area contributed by atoms with E-state index >= 15 is 0 Å². The quantitative estimate of drug-likeness (QED) is 0.892. The third kappa shape index (κ3) is 2.90. The second-order valence-corrected chi connectivity index (χ2v) is 5.71. The molecule has 0 spiro atoms. The lowest BCUT2D eigenvalue weighted by Gasteiger charge is -2.34. The molecule has 1 atom stereocenters. The summed E-state index contributed by atoms with van der Waals surface area (Å²) >= 11 is 1.65. The molecule has 1 aliphatic rings. The Balaban J connectivity index is 1.98. The van der Waals surface area contributed by atoms with Gasteiger partial charge in [0.1, 0.15) is 6.04 Å². The summed E-state index contributed by atoms with van der Waals surface area (Å²) < 4.78 is 0. The first kappa shape index (κ1) is 13.1. The van der Waals surface area contributed by atoms with Crippen molar-refractivity contribution in [3.05, 3.63) is 22.4 Å². The molecule has 18 heavy (non-hydrogen) atoms. The number of nitrogens with zero attached hydrogens (tertiary/aromatic N) is 1. The van der Waals surface area contributed by atoms with Gasteiger partial charge in [-0.3, -0.25) is 9.59 Å². The van der Waals surface area contributed by atoms with Gasteiger partial charge in [0.05, 0.1) is 6.54 Å². The third-order valence-electron chi connectivity index (χ3n) is 3.15. The van der Waals surface area contributed by atoms with Crippen molar-refractivity contribution in [1.82, 2.24) is 10.2 Å². The van der Waals surface area contributed by atoms with Gasteiger partial charge >= 0.3 is 0 Å². The fourth-order valence-corrected chi connectivity index (χ4v) is 2.77. The Labute approximate surface area is 111 Å². The van der Waals surface area contributed by atoms with Gasteiger partial charge in [-0.1, -0.05) is 13.8 Å². The minimum absolute atomic E-state index is 0.0415. The number of piperazine rings is 1. The van der Waals surface area contributed by atoms with Crippen LogP contribution in [0.3, 0.4) is 0 Å². The van der Waals surface area contributed by atoms with Crippen molar-refractivity contribution in [3.63, 3.8) is 0 Å². The number of thiophene rings is 1. The number of carbonyl (C=O) groups is 2. The van der Waals surface area contributed by atoms with Crippen LogP contribution in [0.4, 0.5) is 0 Å². The molecule has 2 amide bonds. The molecule has 0 saturated carbocycles. The summed E-state index contributed by atoms with van der Waals surface area (Å²) in [6.07, 6.45) is 0.813. The molecule has 1 unspecified atom stereocenters. The van der Waals surface area contributed by atoms with Gasteiger partial charge < -0.3 is 10.2 Å². The topological polar surface area (TPSA) is 49.4 Å². The Morgan fingerprint density at radius 2 is 2.28 bits per heavy atom. The summed E-state index contributed by atoms with van der Waals surface area (Å²) in [4.78, 5) is 25.4. The van der Waals surface area contributed by atoms with Crippen molar-refractivity contribution < 1.29 is 9.59 Å². The minimum Gasteiger partial charge on any atom is -0.343 e. The van der Waals surface area contributed by atoms with Crippen molar-refractivity contribution in [2.45, 2.75) is 26.3 Å². The molecular weight excluding hydrogens is 248 g/mol. The Morgan fingerprint density at radius 3 is 2.89 bits per heavy atom. The number of hydrogen-bond donors (Lipinski definition) is 1. The van der Waals surface area contributed by atoms with Crippen molar-refractivity contribution in [2.75, 3.05) is 13.1 Å². The van der Waals surface area contributed by atoms with Crippen LogP contribution in [-0.2, 0) is 16.0 Å². The lowest BCUT2D eigenvalue weighted by atomic mass is 10.0. The molecule has 4 nitrogen and oxygen atoms in total. The van der Waals surface area contributed by atoms with Crippen LogP contribution < -0.4 is 5.32 Å². The van der Waals surface area contributed by atoms with Gasteiger partial charge in [-0.05, 0) is 34.7 Å². The molecule has 1 N–H and O–H groups in total. The predicted molar refractivity (Wildman–Crippen MR) is 71.4 cm³/mol. The summed E-state index contributed by atoms with van der Waals surface area (Å²) in [6, 6.07) is 1.69. The molecule has 1 aliphatic heterocycles. The van der Waals surface area contributed by atoms with Gasteiger partial charge in [-0.25, -0.2) is 0 Å². The molecule has 1 fully saturated rings. The molecule has 0 aromatic carbocycles. The van der Waals surface area contributed by atoms with Crippen LogP contribution in [0.1, 0.15) is 19.4 Å². The molecule has 2 rings (SSSR count). The van der Waals surface area contributed by atoms with Crippen molar-refractivity contribution in [2.24, 2.45) is 5.92 Å². The highest BCUT2D eigenvalue weighted by molar-refractivity contribution is 7.07. The highest BCUT2D eigenvalue weighted by atomic mass is 32.1. The largest absolute Gasteiger partial charge is 0.343 e. The standard InChI is InChI=1S/C13H18N2O2S/c1-9(2)12-13(17)15(7-11(16)14-12)5-3-10-4-6-18-8-10/h4,6,8-9,12H,3,5,7H2,1-2H3,(H,14,16). The van der Waals surface area contributed by atoms with E-state index in [-0.39, 0.29) is 30.3 Å². The van der Waals surface area contributed by atoms with E-state index in [4.69, 9.17) is 0 Å². The first-order chi connectivity index (χ1) is 8.58. The number of rotatable bonds is 4. The van der Waals surface area contributed by atoms with E-state index in [1.165, 1.54) is 5.56 Å². The second-order valence-electron chi connectivity index (χ2n) is 4.93. The Hall–Kier alpha value is -1.36. The van der Waals surface area contributed by atoms with Crippen LogP contribution in [0, 0.1) is 5.92 Å². The average Bonchev–Trinajstić information content (AvgIpc) is 2.82. The molecule has 1 aromatic rings. The van der Waals surface area contributed by atoms with Crippen LogP contribution in [-0.4, -0.2) is 35.8 Å². The van der Waals surface area contributed by atoms with Crippen LogP contribution in [0.15, 0.2) is 16.8 Å². The molecule has 5 heteroatoms. The van der Waals surface area contributed by atoms with Gasteiger partial charge in [0.25, 0.3) is 0 Å². The second kappa shape index (κ2) is 5.52. The van der Waals surface area contributed by atoms with Gasteiger partial charge in [0.15, 0.2) is 0 Å². The van der Waals surface area contributed by atoms with Gasteiger partial charge in [-0.2, -0.15) is 11.3 Å². The highest BCUT2D eigenvalue weighted by Gasteiger charge is 2.33. The Kier molecular flexibility index (Phi) is 4.01. The monoisotopic (exact) mass is 266 g/mol. The number of hydrogen-bond acceptors (Lipinski definition) is 3. The molecule has 0 bridgehead atoms. The van der Waals surface area contributed by atoms with E-state index < -0.39 is 0 Å². The number of nitrogens with one attached hydrogen (secondary N) is 1. The Morgan fingerprint density at radius 1 is 1.50 bits per heavy atom. The van der Waals surface area contributed by atoms with Crippen molar-refractivity contribution in [3.8, 4) is 0 Å². The maximum absolute atomic E-state index is 12.2. The summed E-state index contributed by atoms with van der Waals surface area (Å²) in [5.41, 5.74) is 1.22. The predicted octanol–water partition coefficient (Wildman–Crippen LogP) is 1.27. The first-order valence-electron chi connectivity index (χ1n) is 6.17. The maximum Gasteiger partial charge on any atom is 0.245 e. The van der Waals surface area contributed by atoms with E-state index in [9.17, 15) is 9.59 Å². The molecular formula is C13H18N2O2S. The first-order valence-corrected chi connectivity index (χ1v) is 7.11. The SMILES string of the molecule is CC(C)C1NC(=O)CN(CCc2ccsc2)C1=O. The lowest BCUT2D eigenvalue weighted by molar-refractivity contribution is -0.145. The van der Waals surface area contributed by atoms with E-state index in [0.717, 1.165) is 6.42 Å². The highest BCUT2D eigenvalue weighted by Crippen LogP contribution is 2.13. The van der Waals surface area contributed by atoms with E-state index in [1.54, 1.807) is 16.2 Å². The average molecular weight is 266 g/mol. The van der Waals surface area contributed by atoms with E-state index in [2.05, 4.69) is 16.8 Å². The van der Waals surface area contributed by atoms with Gasteiger partial charge in [0.2, 0.25) is 11.8 Å². The maximum atomic E-state index is 12.2. The fraction of sp³-hybridized carbons (Fsp3) is 0.538. The zero-order valence-corrected chi connectivity index (χ0v) is 11.5. The number of carbonyl (C=O) groups excluding carboxylic acids is 2. The zero-order valence-electron chi connectivity index (χ0n) is 10.7. The Bertz CT molecular complexity index is 428. The minimum atomic E-state index is -0.367. The lowest BCUT2D eigenvalue weighted by Crippen LogP contribution is -2.60. The summed E-state index contributed by atoms with van der Waals surface area (Å²) in [5, 5.41) is 6.86. The van der Waals surface area contributed by atoms with Crippen molar-refractivity contribution >= 4 is 23.2 Å². The summed E-state index contributed by atoms with van der Waals surface area (Å²) in [7, 11) is 0. The molecule has 2 heterocycles. The fourth-order valence-electron chi connectivity index (χ4n) is 2.07. The van der Waals surface area contributed by atoms with Gasteiger partial charge in [0, 0.05) is 6.54 Å². The van der Waals surface area contributed by atoms with Crippen molar-refractivity contribution in [1.29, 1.82) is 0 Å². The van der Waals surface area contributed by atoms with Crippen LogP contribution >= 0.6 is 11.3 Å². The third-order valence-corrected chi connectivity index (χ3v) is 3.88. The normalized spacial score (nSPS) is 20.4. The molecule has 1 saturated heterocycles. The van der Waals surface area contributed by atoms with Crippen LogP contribution in [0.2, 0.25) is 0 Å². The molecule has 1 aromatic heterocycles. The summed E-state index contributed by atoms with van der Waals surface area (Å²) in [6.45, 7) is 4.70. The van der Waals surface area contributed by atoms with Gasteiger partial charge in [-0.15, -0.1) is 0 Å². The molecule has 98 valence electrons. The number of amides is 2. The molecule has 0 radical (unpaired) electrons. The summed E-state index contributed by atoms with van der Waals surface area (Å²) in [5.74, 6) is 0.115. The zero-order chi connectivity index (χ0) is 13.1. The van der Waals surface area contributed by atoms with Crippen LogP contribution in [0.25, 0.3) is 0 Å². The smallest absolute Gasteiger partial charge is 0.245 e. The van der Waals surface area contributed by atoms with E-state index in [0.29, 0.717) is 6.54 Å². The molecule has 0 aliphatic carbocycles. The van der Waals surface area contributed by atoms with Crippen LogP contribution in [0.5, 0.6) is 0 Å².